The minimum absolute atomic E-state index is 0.317. The Bertz CT molecular complexity index is 575. The van der Waals surface area contributed by atoms with Crippen molar-refractivity contribution >= 4 is 24.2 Å². The Labute approximate surface area is 102 Å². The molecule has 0 fully saturated rings. The van der Waals surface area contributed by atoms with Gasteiger partial charge in [0.15, 0.2) is 0 Å². The van der Waals surface area contributed by atoms with Crippen LogP contribution < -0.4 is 5.46 Å². The third kappa shape index (κ3) is 3.29. The first-order valence-corrected chi connectivity index (χ1v) is 3.97. The molecule has 1 heterocycles. The van der Waals surface area contributed by atoms with E-state index in [-0.39, 0.29) is 5.46 Å². The monoisotopic (exact) mass is 222 g/mol. The molecule has 1 rings (SSSR count). The van der Waals surface area contributed by atoms with Gasteiger partial charge in [0, 0.05) is 18.0 Å². The Morgan fingerprint density at radius 2 is 2.43 bits per heavy atom. The van der Waals surface area contributed by atoms with Crippen molar-refractivity contribution < 1.29 is 22.4 Å². The number of rotatable bonds is 3. The lowest BCUT2D eigenvalue weighted by Crippen LogP contribution is -2.30. The summed E-state index contributed by atoms with van der Waals surface area (Å²) in [6.07, 6.45) is -3.29. The van der Waals surface area contributed by atoms with Crippen molar-refractivity contribution in [3.8, 4) is 0 Å². The van der Waals surface area contributed by atoms with Crippen LogP contribution in [0, 0.1) is 5.89 Å². The second kappa shape index (κ2) is 4.78. The van der Waals surface area contributed by atoms with E-state index in [1.54, 1.807) is 0 Å². The van der Waals surface area contributed by atoms with Crippen molar-refractivity contribution in [2.75, 3.05) is 0 Å². The Kier molecular flexibility index (Phi) is 1.41. The van der Waals surface area contributed by atoms with Crippen LogP contribution in [0.2, 0.25) is 5.15 Å². The summed E-state index contributed by atoms with van der Waals surface area (Å²) in [5, 5.41) is 17.9. The van der Waals surface area contributed by atoms with Gasteiger partial charge in [0.25, 0.3) is 0 Å². The SMILES string of the molecule is [2H]C([2H])([2H])C([2H])(C([2H])([2H])[2H])C([2H])([2H])c1cc(B(O)O)cc(Cl)n1. The first-order valence-electron chi connectivity index (χ1n) is 8.10. The maximum absolute atomic E-state index is 9.14. The normalized spacial score (nSPS) is 23.8. The van der Waals surface area contributed by atoms with Crippen molar-refractivity contribution in [2.45, 2.75) is 20.1 Å². The third-order valence-corrected chi connectivity index (χ3v) is 1.56. The number of hydrogen-bond acceptors (Lipinski definition) is 3. The second-order valence-corrected chi connectivity index (χ2v) is 2.87. The van der Waals surface area contributed by atoms with Gasteiger partial charge in [0.05, 0.1) is 0 Å². The summed E-state index contributed by atoms with van der Waals surface area (Å²) in [6, 6.07) is 1.75. The van der Waals surface area contributed by atoms with Crippen molar-refractivity contribution in [1.82, 2.24) is 4.98 Å². The van der Waals surface area contributed by atoms with E-state index in [0.717, 1.165) is 12.1 Å². The highest BCUT2D eigenvalue weighted by Crippen LogP contribution is 2.08. The fourth-order valence-electron chi connectivity index (χ4n) is 0.858. The summed E-state index contributed by atoms with van der Waals surface area (Å²) >= 11 is 5.64. The zero-order chi connectivity index (χ0) is 18.4. The molecule has 0 amide bonds. The molecular formula is C9H13BClNO2. The Morgan fingerprint density at radius 3 is 3.00 bits per heavy atom. The van der Waals surface area contributed by atoms with E-state index in [1.807, 2.05) is 0 Å². The third-order valence-electron chi connectivity index (χ3n) is 1.37. The quantitative estimate of drug-likeness (QED) is 0.582. The summed E-state index contributed by atoms with van der Waals surface area (Å²) in [5.41, 5.74) is -1.11. The smallest absolute Gasteiger partial charge is 0.423 e. The Hall–Kier alpha value is -0.575. The highest BCUT2D eigenvalue weighted by Gasteiger charge is 2.13. The van der Waals surface area contributed by atoms with E-state index in [2.05, 4.69) is 4.98 Å². The van der Waals surface area contributed by atoms with E-state index < -0.39 is 43.9 Å². The maximum Gasteiger partial charge on any atom is 0.488 e. The molecular weight excluding hydrogens is 200 g/mol. The molecule has 1 aromatic rings. The Balaban J connectivity index is 3.67. The number of hydrogen-bond donors (Lipinski definition) is 2. The summed E-state index contributed by atoms with van der Waals surface area (Å²) in [7, 11) is -2.06. The summed E-state index contributed by atoms with van der Waals surface area (Å²) < 4.78 is 67.7. The van der Waals surface area contributed by atoms with Crippen LogP contribution in [0.15, 0.2) is 12.1 Å². The molecule has 1 aromatic heterocycles. The first-order chi connectivity index (χ1) is 10.1. The van der Waals surface area contributed by atoms with Gasteiger partial charge >= 0.3 is 7.12 Å². The van der Waals surface area contributed by atoms with Crippen LogP contribution in [0.4, 0.5) is 0 Å². The van der Waals surface area contributed by atoms with Crippen molar-refractivity contribution in [2.24, 2.45) is 5.89 Å². The average Bonchev–Trinajstić information content (AvgIpc) is 2.33. The van der Waals surface area contributed by atoms with Crippen molar-refractivity contribution in [3.05, 3.63) is 23.0 Å². The van der Waals surface area contributed by atoms with E-state index in [1.165, 1.54) is 0 Å². The average molecular weight is 223 g/mol. The molecule has 3 nitrogen and oxygen atoms in total. The molecule has 0 aliphatic rings. The van der Waals surface area contributed by atoms with E-state index >= 15 is 0 Å². The number of pyridine rings is 1. The highest BCUT2D eigenvalue weighted by molar-refractivity contribution is 6.58. The second-order valence-electron chi connectivity index (χ2n) is 2.48. The van der Waals surface area contributed by atoms with Gasteiger partial charge in [-0.15, -0.1) is 0 Å². The topological polar surface area (TPSA) is 53.4 Å². The first kappa shape index (κ1) is 4.12. The van der Waals surface area contributed by atoms with Crippen molar-refractivity contribution in [1.29, 1.82) is 0 Å². The van der Waals surface area contributed by atoms with Crippen LogP contribution in [-0.2, 0) is 6.37 Å². The Morgan fingerprint density at radius 1 is 1.71 bits per heavy atom. The minimum Gasteiger partial charge on any atom is -0.423 e. The fourth-order valence-corrected chi connectivity index (χ4v) is 1.07. The number of halogens is 1. The molecule has 0 bridgehead atoms. The van der Waals surface area contributed by atoms with Crippen LogP contribution in [-0.4, -0.2) is 22.2 Å². The van der Waals surface area contributed by atoms with E-state index in [9.17, 15) is 0 Å². The van der Waals surface area contributed by atoms with Crippen LogP contribution in [0.5, 0.6) is 0 Å². The lowest BCUT2D eigenvalue weighted by molar-refractivity contribution is 0.425. The zero-order valence-corrected chi connectivity index (χ0v) is 7.71. The lowest BCUT2D eigenvalue weighted by atomic mass is 9.80. The van der Waals surface area contributed by atoms with Gasteiger partial charge in [0.1, 0.15) is 5.15 Å². The molecule has 0 aliphatic heterocycles. The molecule has 0 saturated carbocycles. The molecule has 2 N–H and O–H groups in total. The summed E-state index contributed by atoms with van der Waals surface area (Å²) in [5.74, 6) is -3.55. The van der Waals surface area contributed by atoms with Gasteiger partial charge in [0.2, 0.25) is 0 Å². The van der Waals surface area contributed by atoms with Crippen LogP contribution in [0.25, 0.3) is 0 Å². The van der Waals surface area contributed by atoms with Crippen molar-refractivity contribution in [3.63, 3.8) is 0 Å². The van der Waals surface area contributed by atoms with Crippen LogP contribution >= 0.6 is 11.6 Å². The maximum atomic E-state index is 9.14. The molecule has 0 spiro atoms. The molecule has 76 valence electrons. The molecule has 0 aromatic carbocycles. The molecule has 14 heavy (non-hydrogen) atoms. The highest BCUT2D eigenvalue weighted by atomic mass is 35.5. The van der Waals surface area contributed by atoms with Gasteiger partial charge in [-0.05, 0) is 29.9 Å². The minimum atomic E-state index is -3.55. The van der Waals surface area contributed by atoms with Gasteiger partial charge < -0.3 is 10.0 Å². The van der Waals surface area contributed by atoms with E-state index in [0.29, 0.717) is 0 Å². The van der Waals surface area contributed by atoms with Gasteiger partial charge in [-0.1, -0.05) is 25.3 Å². The predicted molar refractivity (Wildman–Crippen MR) is 57.6 cm³/mol. The largest absolute Gasteiger partial charge is 0.488 e. The van der Waals surface area contributed by atoms with Gasteiger partial charge in [-0.2, -0.15) is 0 Å². The van der Waals surface area contributed by atoms with E-state index in [4.69, 9.17) is 34.0 Å². The number of aromatic nitrogens is 1. The molecule has 0 saturated heterocycles. The summed E-state index contributed by atoms with van der Waals surface area (Å²) in [6.45, 7) is -7.05. The van der Waals surface area contributed by atoms with Crippen LogP contribution in [0.3, 0.4) is 0 Å². The number of nitrogens with zero attached hydrogens (tertiary/aromatic N) is 1. The molecule has 0 atom stereocenters. The molecule has 5 heteroatoms. The molecule has 0 unspecified atom stereocenters. The fraction of sp³-hybridized carbons (Fsp3) is 0.444. The zero-order valence-electron chi connectivity index (χ0n) is 16.0. The summed E-state index contributed by atoms with van der Waals surface area (Å²) in [4.78, 5) is 3.53. The standard InChI is InChI=1S/C9H13BClNO2/c1-6(2)3-8-4-7(10(13)14)5-9(11)12-8/h4-6,13-14H,3H2,1-2H3/i1D3,2D3,3D2,6D. The van der Waals surface area contributed by atoms with Gasteiger partial charge in [-0.3, -0.25) is 0 Å². The predicted octanol–water partition coefficient (Wildman–Crippen LogP) is 0.613. The van der Waals surface area contributed by atoms with Gasteiger partial charge in [-0.25, -0.2) is 4.98 Å². The van der Waals surface area contributed by atoms with Crippen LogP contribution in [0.1, 0.15) is 31.7 Å². The lowest BCUT2D eigenvalue weighted by Gasteiger charge is -2.07. The molecule has 0 aliphatic carbocycles. The molecule has 0 radical (unpaired) electrons.